The maximum absolute atomic E-state index is 12.8. The first kappa shape index (κ1) is 22.7. The summed E-state index contributed by atoms with van der Waals surface area (Å²) in [5.41, 5.74) is 3.57. The van der Waals surface area contributed by atoms with Crippen molar-refractivity contribution >= 4 is 35.6 Å². The van der Waals surface area contributed by atoms with Crippen molar-refractivity contribution in [1.82, 2.24) is 5.32 Å². The highest BCUT2D eigenvalue weighted by Gasteiger charge is 2.36. The van der Waals surface area contributed by atoms with Crippen LogP contribution in [0, 0.1) is 12.8 Å². The number of benzene rings is 2. The van der Waals surface area contributed by atoms with Gasteiger partial charge in [0.2, 0.25) is 11.8 Å². The van der Waals surface area contributed by atoms with Gasteiger partial charge in [0.1, 0.15) is 5.75 Å². The van der Waals surface area contributed by atoms with Gasteiger partial charge in [-0.15, -0.1) is 12.4 Å². The monoisotopic (exact) mass is 417 g/mol. The molecule has 2 aromatic carbocycles. The second-order valence-electron chi connectivity index (χ2n) is 7.01. The number of methoxy groups -OCH3 is 1. The van der Waals surface area contributed by atoms with Gasteiger partial charge in [0.05, 0.1) is 18.7 Å². The van der Waals surface area contributed by atoms with Crippen molar-refractivity contribution in [2.45, 2.75) is 26.8 Å². The molecule has 1 heterocycles. The molecule has 1 aliphatic rings. The number of hydrogen-bond acceptors (Lipinski definition) is 4. The first-order valence-electron chi connectivity index (χ1n) is 9.58. The molecule has 0 saturated carbocycles. The number of nitrogens with zero attached hydrogens (tertiary/aromatic N) is 1. The van der Waals surface area contributed by atoms with Crippen LogP contribution in [0.25, 0.3) is 0 Å². The molecule has 156 valence electrons. The number of para-hydroxylation sites is 1. The number of hydrogen-bond donors (Lipinski definition) is 2. The van der Waals surface area contributed by atoms with Crippen LogP contribution in [0.4, 0.5) is 11.4 Å². The van der Waals surface area contributed by atoms with Gasteiger partial charge in [-0.2, -0.15) is 0 Å². The summed E-state index contributed by atoms with van der Waals surface area (Å²) < 4.78 is 5.40. The van der Waals surface area contributed by atoms with Crippen molar-refractivity contribution in [2.24, 2.45) is 5.92 Å². The molecule has 1 aliphatic heterocycles. The summed E-state index contributed by atoms with van der Waals surface area (Å²) in [6.45, 7) is 5.89. The Labute approximate surface area is 178 Å². The smallest absolute Gasteiger partial charge is 0.229 e. The van der Waals surface area contributed by atoms with Gasteiger partial charge in [-0.05, 0) is 42.8 Å². The van der Waals surface area contributed by atoms with Crippen LogP contribution >= 0.6 is 12.4 Å². The number of ether oxygens (including phenoxy) is 1. The summed E-state index contributed by atoms with van der Waals surface area (Å²) >= 11 is 0. The minimum atomic E-state index is -0.398. The van der Waals surface area contributed by atoms with Crippen LogP contribution < -0.4 is 20.3 Å². The third-order valence-electron chi connectivity index (χ3n) is 4.96. The Morgan fingerprint density at radius 3 is 2.72 bits per heavy atom. The van der Waals surface area contributed by atoms with E-state index in [9.17, 15) is 9.59 Å². The van der Waals surface area contributed by atoms with Gasteiger partial charge in [-0.1, -0.05) is 31.2 Å². The molecule has 1 atom stereocenters. The normalized spacial score (nSPS) is 15.8. The van der Waals surface area contributed by atoms with Crippen molar-refractivity contribution in [3.8, 4) is 5.75 Å². The van der Waals surface area contributed by atoms with E-state index < -0.39 is 5.92 Å². The number of halogens is 1. The van der Waals surface area contributed by atoms with E-state index in [1.165, 1.54) is 0 Å². The Morgan fingerprint density at radius 2 is 2.00 bits per heavy atom. The first-order chi connectivity index (χ1) is 13.5. The lowest BCUT2D eigenvalue weighted by atomic mass is 10.1. The molecule has 2 N–H and O–H groups in total. The van der Waals surface area contributed by atoms with Crippen molar-refractivity contribution in [2.75, 3.05) is 30.4 Å². The van der Waals surface area contributed by atoms with Crippen molar-refractivity contribution in [3.05, 3.63) is 53.6 Å². The number of carbonyl (C=O) groups is 2. The summed E-state index contributed by atoms with van der Waals surface area (Å²) in [5.74, 6) is 0.0392. The van der Waals surface area contributed by atoms with Gasteiger partial charge in [0, 0.05) is 25.2 Å². The Kier molecular flexibility index (Phi) is 8.05. The number of rotatable bonds is 7. The van der Waals surface area contributed by atoms with E-state index in [4.69, 9.17) is 4.74 Å². The number of carbonyl (C=O) groups excluding carboxylic acids is 2. The molecule has 0 radical (unpaired) electrons. The lowest BCUT2D eigenvalue weighted by molar-refractivity contribution is -0.122. The lowest BCUT2D eigenvalue weighted by Crippen LogP contribution is -2.28. The average Bonchev–Trinajstić information content (AvgIpc) is 3.09. The zero-order valence-electron chi connectivity index (χ0n) is 17.0. The molecule has 1 saturated heterocycles. The molecule has 0 bridgehead atoms. The van der Waals surface area contributed by atoms with Gasteiger partial charge in [-0.3, -0.25) is 9.59 Å². The molecule has 6 nitrogen and oxygen atoms in total. The predicted molar refractivity (Wildman–Crippen MR) is 118 cm³/mol. The van der Waals surface area contributed by atoms with Crippen LogP contribution in [0.1, 0.15) is 24.5 Å². The fraction of sp³-hybridized carbons (Fsp3) is 0.364. The fourth-order valence-electron chi connectivity index (χ4n) is 3.42. The quantitative estimate of drug-likeness (QED) is 0.723. The molecule has 2 aromatic rings. The van der Waals surface area contributed by atoms with E-state index in [-0.39, 0.29) is 30.6 Å². The van der Waals surface area contributed by atoms with Crippen LogP contribution in [-0.4, -0.2) is 32.0 Å². The van der Waals surface area contributed by atoms with Crippen LogP contribution in [0.3, 0.4) is 0 Å². The van der Waals surface area contributed by atoms with Crippen molar-refractivity contribution in [1.29, 1.82) is 0 Å². The molecule has 7 heteroatoms. The fourth-order valence-corrected chi connectivity index (χ4v) is 3.42. The maximum atomic E-state index is 12.8. The third-order valence-corrected chi connectivity index (χ3v) is 4.96. The van der Waals surface area contributed by atoms with E-state index in [0.717, 1.165) is 29.0 Å². The Bertz CT molecular complexity index is 872. The highest BCUT2D eigenvalue weighted by Crippen LogP contribution is 2.34. The average molecular weight is 418 g/mol. The highest BCUT2D eigenvalue weighted by molar-refractivity contribution is 6.04. The van der Waals surface area contributed by atoms with E-state index in [1.54, 1.807) is 12.0 Å². The summed E-state index contributed by atoms with van der Waals surface area (Å²) in [5, 5.41) is 6.28. The Morgan fingerprint density at radius 1 is 1.24 bits per heavy atom. The van der Waals surface area contributed by atoms with E-state index >= 15 is 0 Å². The summed E-state index contributed by atoms with van der Waals surface area (Å²) in [6, 6.07) is 13.4. The van der Waals surface area contributed by atoms with Gasteiger partial charge in [0.15, 0.2) is 0 Å². The van der Waals surface area contributed by atoms with Crippen molar-refractivity contribution < 1.29 is 14.3 Å². The highest BCUT2D eigenvalue weighted by atomic mass is 35.5. The van der Waals surface area contributed by atoms with E-state index in [0.29, 0.717) is 18.8 Å². The van der Waals surface area contributed by atoms with Gasteiger partial charge in [0.25, 0.3) is 0 Å². The summed E-state index contributed by atoms with van der Waals surface area (Å²) in [7, 11) is 1.58. The molecule has 1 unspecified atom stereocenters. The maximum Gasteiger partial charge on any atom is 0.229 e. The Hall–Kier alpha value is -2.57. The summed E-state index contributed by atoms with van der Waals surface area (Å²) in [4.78, 5) is 27.1. The van der Waals surface area contributed by atoms with Gasteiger partial charge < -0.3 is 20.3 Å². The van der Waals surface area contributed by atoms with E-state index in [1.807, 2.05) is 56.3 Å². The molecule has 1 fully saturated rings. The zero-order chi connectivity index (χ0) is 20.1. The predicted octanol–water partition coefficient (Wildman–Crippen LogP) is 3.53. The topological polar surface area (TPSA) is 70.7 Å². The SMILES string of the molecule is CCNCc1ccccc1NC(=O)C1CC(=O)N(c2cc(C)ccc2OC)C1.Cl. The second-order valence-corrected chi connectivity index (χ2v) is 7.01. The van der Waals surface area contributed by atoms with E-state index in [2.05, 4.69) is 10.6 Å². The van der Waals surface area contributed by atoms with Gasteiger partial charge in [-0.25, -0.2) is 0 Å². The molecular formula is C22H28ClN3O3. The largest absolute Gasteiger partial charge is 0.495 e. The van der Waals surface area contributed by atoms with Crippen LogP contribution in [0.5, 0.6) is 5.75 Å². The number of nitrogens with one attached hydrogen (secondary N) is 2. The zero-order valence-corrected chi connectivity index (χ0v) is 17.8. The molecule has 3 rings (SSSR count). The molecular weight excluding hydrogens is 390 g/mol. The van der Waals surface area contributed by atoms with Gasteiger partial charge >= 0.3 is 0 Å². The number of amides is 2. The molecule has 0 spiro atoms. The molecule has 0 aliphatic carbocycles. The minimum Gasteiger partial charge on any atom is -0.495 e. The molecule has 29 heavy (non-hydrogen) atoms. The Balaban J connectivity index is 0.00000300. The lowest BCUT2D eigenvalue weighted by Gasteiger charge is -2.20. The minimum absolute atomic E-state index is 0. The van der Waals surface area contributed by atoms with Crippen LogP contribution in [-0.2, 0) is 16.1 Å². The third kappa shape index (κ3) is 5.28. The number of anilines is 2. The standard InChI is InChI=1S/C22H27N3O3.ClH/c1-4-23-13-16-7-5-6-8-18(16)24-22(27)17-12-21(26)25(14-17)19-11-15(2)9-10-20(19)28-3;/h5-11,17,23H,4,12-14H2,1-3H3,(H,24,27);1H. The first-order valence-corrected chi connectivity index (χ1v) is 9.58. The molecule has 0 aromatic heterocycles. The number of aryl methyl sites for hydroxylation is 1. The van der Waals surface area contributed by atoms with Crippen molar-refractivity contribution in [3.63, 3.8) is 0 Å². The summed E-state index contributed by atoms with van der Waals surface area (Å²) in [6.07, 6.45) is 0.193. The molecule has 2 amide bonds. The second kappa shape index (κ2) is 10.3. The van der Waals surface area contributed by atoms with Crippen LogP contribution in [0.2, 0.25) is 0 Å². The van der Waals surface area contributed by atoms with Crippen LogP contribution in [0.15, 0.2) is 42.5 Å².